The van der Waals surface area contributed by atoms with E-state index in [1.54, 1.807) is 0 Å². The number of likely N-dealkylation sites (tertiary alicyclic amines) is 2. The summed E-state index contributed by atoms with van der Waals surface area (Å²) in [4.78, 5) is 21.6. The number of hydrogen-bond acceptors (Lipinski definition) is 3. The fourth-order valence-corrected chi connectivity index (χ4v) is 5.93. The Hall–Kier alpha value is -2.60. The van der Waals surface area contributed by atoms with Crippen LogP contribution in [0.4, 0.5) is 0 Å². The number of H-pyrrole nitrogens is 2. The van der Waals surface area contributed by atoms with Crippen LogP contribution in [0.3, 0.4) is 0 Å². The first-order valence-electron chi connectivity index (χ1n) is 12.0. The molecule has 0 spiro atoms. The molecule has 2 aliphatic heterocycles. The fourth-order valence-electron chi connectivity index (χ4n) is 5.93. The normalized spacial score (nSPS) is 20.5. The van der Waals surface area contributed by atoms with Gasteiger partial charge in [0, 0.05) is 35.6 Å². The van der Waals surface area contributed by atoms with Crippen molar-refractivity contribution in [1.29, 1.82) is 0 Å². The molecule has 0 bridgehead atoms. The number of piperidine rings is 2. The summed E-state index contributed by atoms with van der Waals surface area (Å²) in [5, 5.41) is 8.61. The zero-order chi connectivity index (χ0) is 20.8. The van der Waals surface area contributed by atoms with E-state index >= 15 is 0 Å². The van der Waals surface area contributed by atoms with E-state index in [1.807, 2.05) is 12.3 Å². The molecule has 3 aromatic rings. The van der Waals surface area contributed by atoms with Crippen LogP contribution >= 0.6 is 0 Å². The molecule has 0 radical (unpaired) electrons. The molecule has 1 aliphatic carbocycles. The molecular weight excluding hydrogens is 386 g/mol. The lowest BCUT2D eigenvalue weighted by molar-refractivity contribution is 0.0590. The lowest BCUT2D eigenvalue weighted by Gasteiger charge is -2.40. The SMILES string of the molecule is O=C(c1ccc2[nH]c3c(c2c1)CCCc1cn[nH]c1-3)N1CCC(N2CCCCC2)CC1. The Bertz CT molecular complexity index is 1100. The van der Waals surface area contributed by atoms with Gasteiger partial charge in [-0.15, -0.1) is 0 Å². The van der Waals surface area contributed by atoms with E-state index in [1.165, 1.54) is 48.9 Å². The van der Waals surface area contributed by atoms with Crippen LogP contribution in [-0.2, 0) is 12.8 Å². The van der Waals surface area contributed by atoms with Gasteiger partial charge in [0.1, 0.15) is 0 Å². The molecule has 2 saturated heterocycles. The number of hydrogen-bond donors (Lipinski definition) is 2. The van der Waals surface area contributed by atoms with Gasteiger partial charge >= 0.3 is 0 Å². The van der Waals surface area contributed by atoms with Crippen molar-refractivity contribution < 1.29 is 4.79 Å². The highest BCUT2D eigenvalue weighted by molar-refractivity contribution is 6.00. The molecule has 6 heteroatoms. The van der Waals surface area contributed by atoms with E-state index in [2.05, 4.69) is 37.1 Å². The number of carbonyl (C=O) groups excluding carboxylic acids is 1. The largest absolute Gasteiger partial charge is 0.353 e. The average Bonchev–Trinajstić information content (AvgIpc) is 3.39. The maximum absolute atomic E-state index is 13.3. The van der Waals surface area contributed by atoms with Crippen molar-refractivity contribution >= 4 is 16.8 Å². The van der Waals surface area contributed by atoms with Crippen LogP contribution in [0.5, 0.6) is 0 Å². The van der Waals surface area contributed by atoms with E-state index in [0.717, 1.165) is 67.7 Å². The molecule has 6 nitrogen and oxygen atoms in total. The Morgan fingerprint density at radius 3 is 2.65 bits per heavy atom. The van der Waals surface area contributed by atoms with Crippen LogP contribution in [0.1, 0.15) is 60.0 Å². The lowest BCUT2D eigenvalue weighted by Crippen LogP contribution is -2.48. The molecule has 162 valence electrons. The number of benzene rings is 1. The lowest BCUT2D eigenvalue weighted by atomic mass is 9.99. The Balaban J connectivity index is 1.23. The Labute approximate surface area is 183 Å². The smallest absolute Gasteiger partial charge is 0.253 e. The van der Waals surface area contributed by atoms with Crippen molar-refractivity contribution in [2.45, 2.75) is 57.4 Å². The number of aromatic nitrogens is 3. The summed E-state index contributed by atoms with van der Waals surface area (Å²) in [6, 6.07) is 6.85. The summed E-state index contributed by atoms with van der Waals surface area (Å²) in [7, 11) is 0. The minimum atomic E-state index is 0.185. The highest BCUT2D eigenvalue weighted by atomic mass is 16.2. The molecule has 31 heavy (non-hydrogen) atoms. The molecule has 4 heterocycles. The Kier molecular flexibility index (Phi) is 4.82. The van der Waals surface area contributed by atoms with Gasteiger partial charge in [0.25, 0.3) is 5.91 Å². The maximum atomic E-state index is 13.3. The molecule has 1 amide bonds. The summed E-state index contributed by atoms with van der Waals surface area (Å²) in [5.74, 6) is 0.185. The molecule has 0 unspecified atom stereocenters. The van der Waals surface area contributed by atoms with Crippen molar-refractivity contribution in [1.82, 2.24) is 25.0 Å². The van der Waals surface area contributed by atoms with Crippen molar-refractivity contribution in [3.05, 3.63) is 41.1 Å². The van der Waals surface area contributed by atoms with E-state index in [-0.39, 0.29) is 5.91 Å². The first-order chi connectivity index (χ1) is 15.3. The van der Waals surface area contributed by atoms with Gasteiger partial charge < -0.3 is 14.8 Å². The van der Waals surface area contributed by atoms with E-state index in [0.29, 0.717) is 6.04 Å². The van der Waals surface area contributed by atoms with Crippen molar-refractivity contribution in [2.75, 3.05) is 26.2 Å². The standard InChI is InChI=1S/C25H31N5O/c31-25(30-13-9-19(10-14-30)29-11-2-1-3-12-29)17-7-8-22-21(15-17)20-6-4-5-18-16-26-28-23(18)24(20)27-22/h7-8,15-16,19,27H,1-6,9-14H2,(H,26,28). The minimum Gasteiger partial charge on any atom is -0.353 e. The van der Waals surface area contributed by atoms with Gasteiger partial charge in [-0.3, -0.25) is 9.89 Å². The third kappa shape index (κ3) is 3.37. The second-order valence-corrected chi connectivity index (χ2v) is 9.48. The highest BCUT2D eigenvalue weighted by Crippen LogP contribution is 2.36. The predicted molar refractivity (Wildman–Crippen MR) is 122 cm³/mol. The van der Waals surface area contributed by atoms with Crippen LogP contribution in [0.25, 0.3) is 22.3 Å². The number of carbonyl (C=O) groups is 1. The summed E-state index contributed by atoms with van der Waals surface area (Å²) in [5.41, 5.74) is 6.77. The van der Waals surface area contributed by atoms with Crippen LogP contribution in [-0.4, -0.2) is 63.1 Å². The Morgan fingerprint density at radius 1 is 0.968 bits per heavy atom. The first kappa shape index (κ1) is 19.1. The van der Waals surface area contributed by atoms with Crippen molar-refractivity contribution in [3.8, 4) is 11.4 Å². The number of nitrogens with one attached hydrogen (secondary N) is 2. The van der Waals surface area contributed by atoms with Gasteiger partial charge in [-0.25, -0.2) is 0 Å². The third-order valence-electron chi connectivity index (χ3n) is 7.65. The van der Waals surface area contributed by atoms with Gasteiger partial charge in [0.05, 0.1) is 17.6 Å². The number of aromatic amines is 2. The third-order valence-corrected chi connectivity index (χ3v) is 7.65. The van der Waals surface area contributed by atoms with Gasteiger partial charge in [-0.05, 0) is 87.4 Å². The summed E-state index contributed by atoms with van der Waals surface area (Å²) in [6.45, 7) is 4.24. The fraction of sp³-hybridized carbons (Fsp3) is 0.520. The van der Waals surface area contributed by atoms with Crippen molar-refractivity contribution in [2.24, 2.45) is 0 Å². The monoisotopic (exact) mass is 417 g/mol. The van der Waals surface area contributed by atoms with Crippen LogP contribution in [0.15, 0.2) is 24.4 Å². The molecule has 2 N–H and O–H groups in total. The van der Waals surface area contributed by atoms with Crippen LogP contribution in [0, 0.1) is 0 Å². The molecule has 3 aliphatic rings. The zero-order valence-electron chi connectivity index (χ0n) is 18.1. The van der Waals surface area contributed by atoms with Gasteiger partial charge in [-0.1, -0.05) is 6.42 Å². The maximum Gasteiger partial charge on any atom is 0.253 e. The van der Waals surface area contributed by atoms with E-state index in [4.69, 9.17) is 0 Å². The number of fused-ring (bicyclic) bond motifs is 5. The summed E-state index contributed by atoms with van der Waals surface area (Å²) in [6.07, 6.45) is 11.4. The number of aryl methyl sites for hydroxylation is 2. The highest BCUT2D eigenvalue weighted by Gasteiger charge is 2.28. The van der Waals surface area contributed by atoms with Gasteiger partial charge in [-0.2, -0.15) is 5.10 Å². The molecule has 6 rings (SSSR count). The number of rotatable bonds is 2. The molecule has 0 atom stereocenters. The van der Waals surface area contributed by atoms with Gasteiger partial charge in [0.15, 0.2) is 0 Å². The summed E-state index contributed by atoms with van der Waals surface area (Å²) >= 11 is 0. The molecule has 2 fully saturated rings. The quantitative estimate of drug-likeness (QED) is 0.659. The number of amides is 1. The summed E-state index contributed by atoms with van der Waals surface area (Å²) < 4.78 is 0. The second kappa shape index (κ2) is 7.83. The molecular formula is C25H31N5O. The van der Waals surface area contributed by atoms with Crippen LogP contribution < -0.4 is 0 Å². The van der Waals surface area contributed by atoms with E-state index in [9.17, 15) is 4.79 Å². The van der Waals surface area contributed by atoms with Gasteiger partial charge in [0.2, 0.25) is 0 Å². The first-order valence-corrected chi connectivity index (χ1v) is 12.0. The number of nitrogens with zero attached hydrogens (tertiary/aromatic N) is 3. The van der Waals surface area contributed by atoms with Crippen molar-refractivity contribution in [3.63, 3.8) is 0 Å². The Morgan fingerprint density at radius 2 is 1.81 bits per heavy atom. The second-order valence-electron chi connectivity index (χ2n) is 9.48. The van der Waals surface area contributed by atoms with Crippen LogP contribution in [0.2, 0.25) is 0 Å². The topological polar surface area (TPSA) is 68.0 Å². The molecule has 2 aromatic heterocycles. The zero-order valence-corrected chi connectivity index (χ0v) is 18.1. The minimum absolute atomic E-state index is 0.185. The van der Waals surface area contributed by atoms with E-state index < -0.39 is 0 Å². The predicted octanol–water partition coefficient (Wildman–Crippen LogP) is 4.14. The molecule has 1 aromatic carbocycles. The average molecular weight is 418 g/mol. The molecule has 0 saturated carbocycles.